The van der Waals surface area contributed by atoms with Gasteiger partial charge in [0, 0.05) is 31.4 Å². The van der Waals surface area contributed by atoms with Crippen LogP contribution >= 0.6 is 0 Å². The number of aromatic nitrogens is 2. The molecule has 0 aliphatic heterocycles. The zero-order valence-electron chi connectivity index (χ0n) is 16.0. The van der Waals surface area contributed by atoms with Gasteiger partial charge in [-0.05, 0) is 42.6 Å². The molecule has 0 bridgehead atoms. The van der Waals surface area contributed by atoms with Crippen molar-refractivity contribution in [2.24, 2.45) is 0 Å². The van der Waals surface area contributed by atoms with Crippen LogP contribution < -0.4 is 5.32 Å². The topological polar surface area (TPSA) is 44.0 Å². The number of benzene rings is 1. The monoisotopic (exact) mass is 328 g/mol. The Labute approximate surface area is 146 Å². The van der Waals surface area contributed by atoms with Gasteiger partial charge < -0.3 is 5.32 Å². The van der Waals surface area contributed by atoms with Crippen LogP contribution in [-0.4, -0.2) is 42.3 Å². The number of rotatable bonds is 8. The number of hydrogen-bond donors (Lipinski definition) is 2. The third-order valence-electron chi connectivity index (χ3n) is 4.50. The van der Waals surface area contributed by atoms with E-state index >= 15 is 0 Å². The Morgan fingerprint density at radius 2 is 1.71 bits per heavy atom. The SMILES string of the molecule is CNCCN(C)Cc1n[nH]cc1-c1cc(C(C)C)cc(C(C)C)c1. The van der Waals surface area contributed by atoms with E-state index in [2.05, 4.69) is 73.4 Å². The molecule has 0 aliphatic carbocycles. The molecule has 4 heteroatoms. The number of nitrogens with one attached hydrogen (secondary N) is 2. The average Bonchev–Trinajstić information content (AvgIpc) is 3.00. The van der Waals surface area contributed by atoms with Crippen LogP contribution in [0.3, 0.4) is 0 Å². The summed E-state index contributed by atoms with van der Waals surface area (Å²) in [4.78, 5) is 2.30. The molecule has 0 amide bonds. The number of H-pyrrole nitrogens is 1. The molecule has 0 unspecified atom stereocenters. The second kappa shape index (κ2) is 8.45. The number of nitrogens with zero attached hydrogens (tertiary/aromatic N) is 2. The lowest BCUT2D eigenvalue weighted by molar-refractivity contribution is 0.324. The molecule has 2 aromatic rings. The molecule has 24 heavy (non-hydrogen) atoms. The Bertz CT molecular complexity index is 617. The number of hydrogen-bond acceptors (Lipinski definition) is 3. The fourth-order valence-electron chi connectivity index (χ4n) is 2.82. The van der Waals surface area contributed by atoms with Crippen LogP contribution in [0, 0.1) is 0 Å². The number of likely N-dealkylation sites (N-methyl/N-ethyl adjacent to an activating group) is 2. The summed E-state index contributed by atoms with van der Waals surface area (Å²) in [7, 11) is 4.12. The van der Waals surface area contributed by atoms with Crippen LogP contribution in [0.5, 0.6) is 0 Å². The lowest BCUT2D eigenvalue weighted by Crippen LogP contribution is -2.27. The standard InChI is InChI=1S/C20H32N4/c1-14(2)16-9-17(15(3)4)11-18(10-16)19-12-22-23-20(19)13-24(6)8-7-21-5/h9-12,14-15,21H,7-8,13H2,1-6H3,(H,22,23). The first-order valence-electron chi connectivity index (χ1n) is 8.93. The van der Waals surface area contributed by atoms with E-state index < -0.39 is 0 Å². The van der Waals surface area contributed by atoms with Crippen molar-refractivity contribution in [3.63, 3.8) is 0 Å². The summed E-state index contributed by atoms with van der Waals surface area (Å²) in [5, 5.41) is 10.8. The second-order valence-electron chi connectivity index (χ2n) is 7.28. The maximum atomic E-state index is 4.50. The molecule has 2 rings (SSSR count). The molecular formula is C20H32N4. The minimum atomic E-state index is 0.524. The summed E-state index contributed by atoms with van der Waals surface area (Å²) < 4.78 is 0. The Morgan fingerprint density at radius 3 is 2.25 bits per heavy atom. The zero-order valence-corrected chi connectivity index (χ0v) is 16.0. The number of aromatic amines is 1. The summed E-state index contributed by atoms with van der Waals surface area (Å²) in [6.45, 7) is 11.9. The van der Waals surface area contributed by atoms with Crippen molar-refractivity contribution in [3.8, 4) is 11.1 Å². The van der Waals surface area contributed by atoms with Gasteiger partial charge in [0.2, 0.25) is 0 Å². The van der Waals surface area contributed by atoms with Gasteiger partial charge in [0.05, 0.1) is 5.69 Å². The van der Waals surface area contributed by atoms with Crippen LogP contribution in [0.1, 0.15) is 56.4 Å². The first-order chi connectivity index (χ1) is 11.4. The Balaban J connectivity index is 2.33. The highest BCUT2D eigenvalue weighted by molar-refractivity contribution is 5.67. The molecule has 0 saturated carbocycles. The van der Waals surface area contributed by atoms with Crippen molar-refractivity contribution >= 4 is 0 Å². The molecule has 4 nitrogen and oxygen atoms in total. The molecule has 0 atom stereocenters. The van der Waals surface area contributed by atoms with Crippen molar-refractivity contribution in [2.45, 2.75) is 46.1 Å². The molecule has 0 aliphatic rings. The van der Waals surface area contributed by atoms with Gasteiger partial charge in [0.25, 0.3) is 0 Å². The molecule has 0 saturated heterocycles. The highest BCUT2D eigenvalue weighted by Gasteiger charge is 2.14. The van der Waals surface area contributed by atoms with E-state index in [1.807, 2.05) is 13.2 Å². The van der Waals surface area contributed by atoms with Gasteiger partial charge in [0.1, 0.15) is 0 Å². The van der Waals surface area contributed by atoms with Gasteiger partial charge in [-0.3, -0.25) is 10.00 Å². The summed E-state index contributed by atoms with van der Waals surface area (Å²) in [6, 6.07) is 6.98. The molecule has 132 valence electrons. The van der Waals surface area contributed by atoms with Gasteiger partial charge in [0.15, 0.2) is 0 Å². The Hall–Kier alpha value is -1.65. The van der Waals surface area contributed by atoms with E-state index in [0.29, 0.717) is 11.8 Å². The van der Waals surface area contributed by atoms with E-state index in [1.54, 1.807) is 0 Å². The Kier molecular flexibility index (Phi) is 6.58. The third kappa shape index (κ3) is 4.68. The maximum Gasteiger partial charge on any atom is 0.0840 e. The molecule has 2 N–H and O–H groups in total. The minimum absolute atomic E-state index is 0.524. The summed E-state index contributed by atoms with van der Waals surface area (Å²) in [5.74, 6) is 1.05. The van der Waals surface area contributed by atoms with Crippen molar-refractivity contribution in [2.75, 3.05) is 27.2 Å². The molecule has 0 fully saturated rings. The molecular weight excluding hydrogens is 296 g/mol. The predicted octanol–water partition coefficient (Wildman–Crippen LogP) is 3.97. The van der Waals surface area contributed by atoms with Crippen LogP contribution in [0.4, 0.5) is 0 Å². The molecule has 1 heterocycles. The van der Waals surface area contributed by atoms with E-state index in [0.717, 1.165) is 25.3 Å². The van der Waals surface area contributed by atoms with E-state index in [4.69, 9.17) is 0 Å². The second-order valence-corrected chi connectivity index (χ2v) is 7.28. The smallest absolute Gasteiger partial charge is 0.0840 e. The predicted molar refractivity (Wildman–Crippen MR) is 102 cm³/mol. The third-order valence-corrected chi connectivity index (χ3v) is 4.50. The molecule has 1 aromatic carbocycles. The van der Waals surface area contributed by atoms with Gasteiger partial charge in [-0.1, -0.05) is 45.9 Å². The summed E-state index contributed by atoms with van der Waals surface area (Å²) in [5.41, 5.74) is 6.40. The Morgan fingerprint density at radius 1 is 1.08 bits per heavy atom. The quantitative estimate of drug-likeness (QED) is 0.770. The van der Waals surface area contributed by atoms with Crippen LogP contribution in [0.25, 0.3) is 11.1 Å². The fourth-order valence-corrected chi connectivity index (χ4v) is 2.82. The fraction of sp³-hybridized carbons (Fsp3) is 0.550. The van der Waals surface area contributed by atoms with Crippen LogP contribution in [0.15, 0.2) is 24.4 Å². The van der Waals surface area contributed by atoms with Crippen molar-refractivity contribution in [1.82, 2.24) is 20.4 Å². The minimum Gasteiger partial charge on any atom is -0.318 e. The summed E-state index contributed by atoms with van der Waals surface area (Å²) >= 11 is 0. The normalized spacial score (nSPS) is 11.9. The first-order valence-corrected chi connectivity index (χ1v) is 8.93. The van der Waals surface area contributed by atoms with Crippen molar-refractivity contribution in [1.29, 1.82) is 0 Å². The molecule has 0 radical (unpaired) electrons. The highest BCUT2D eigenvalue weighted by atomic mass is 15.2. The average molecular weight is 329 g/mol. The largest absolute Gasteiger partial charge is 0.318 e. The maximum absolute atomic E-state index is 4.50. The lowest BCUT2D eigenvalue weighted by Gasteiger charge is -2.17. The van der Waals surface area contributed by atoms with E-state index in [1.165, 1.54) is 22.3 Å². The first kappa shape index (κ1) is 18.7. The van der Waals surface area contributed by atoms with Crippen LogP contribution in [-0.2, 0) is 6.54 Å². The van der Waals surface area contributed by atoms with E-state index in [-0.39, 0.29) is 0 Å². The van der Waals surface area contributed by atoms with Gasteiger partial charge in [-0.2, -0.15) is 5.10 Å². The highest BCUT2D eigenvalue weighted by Crippen LogP contribution is 2.30. The van der Waals surface area contributed by atoms with Gasteiger partial charge in [-0.25, -0.2) is 0 Å². The van der Waals surface area contributed by atoms with Crippen molar-refractivity contribution < 1.29 is 0 Å². The van der Waals surface area contributed by atoms with Gasteiger partial charge >= 0.3 is 0 Å². The van der Waals surface area contributed by atoms with Crippen molar-refractivity contribution in [3.05, 3.63) is 41.2 Å². The van der Waals surface area contributed by atoms with Gasteiger partial charge in [-0.15, -0.1) is 0 Å². The zero-order chi connectivity index (χ0) is 17.7. The molecule has 0 spiro atoms. The van der Waals surface area contributed by atoms with Crippen LogP contribution in [0.2, 0.25) is 0 Å². The lowest BCUT2D eigenvalue weighted by atomic mass is 9.91. The molecule has 1 aromatic heterocycles. The van der Waals surface area contributed by atoms with E-state index in [9.17, 15) is 0 Å². The summed E-state index contributed by atoms with van der Waals surface area (Å²) in [6.07, 6.45) is 2.03.